The molecule has 3 N–H and O–H groups in total. The molecule has 1 saturated heterocycles. The van der Waals surface area contributed by atoms with Gasteiger partial charge in [-0.05, 0) is 48.7 Å². The van der Waals surface area contributed by atoms with Crippen molar-refractivity contribution in [3.63, 3.8) is 0 Å². The molecule has 0 amide bonds. The van der Waals surface area contributed by atoms with Crippen molar-refractivity contribution in [1.82, 2.24) is 14.9 Å². The first-order chi connectivity index (χ1) is 12.6. The highest BCUT2D eigenvalue weighted by atomic mass is 35.5. The average Bonchev–Trinajstić information content (AvgIpc) is 3.05. The highest BCUT2D eigenvalue weighted by Gasteiger charge is 2.17. The summed E-state index contributed by atoms with van der Waals surface area (Å²) in [7, 11) is 0. The molecule has 6 heteroatoms. The molecule has 0 bridgehead atoms. The summed E-state index contributed by atoms with van der Waals surface area (Å²) in [5.41, 5.74) is 9.12. The normalized spacial score (nSPS) is 15.3. The third-order valence-corrected chi connectivity index (χ3v) is 4.91. The molecule has 1 fully saturated rings. The SMILES string of the molecule is C=Cc1ncc(N2CCNCC2)n1/C=C(\CCN)c1ccc(C)cc1Cl. The second-order valence-corrected chi connectivity index (χ2v) is 6.87. The van der Waals surface area contributed by atoms with Gasteiger partial charge in [-0.1, -0.05) is 30.3 Å². The standard InChI is InChI=1S/C20H26ClN5/c1-3-19-24-13-20(25-10-8-23-9-11-25)26(19)14-16(6-7-22)17-5-4-15(2)12-18(17)21/h3-5,12-14,23H,1,6-11,22H2,2H3/b16-14+. The number of aromatic nitrogens is 2. The summed E-state index contributed by atoms with van der Waals surface area (Å²) in [4.78, 5) is 6.86. The summed E-state index contributed by atoms with van der Waals surface area (Å²) in [6, 6.07) is 6.13. The molecule has 0 radical (unpaired) electrons. The lowest BCUT2D eigenvalue weighted by molar-refractivity contribution is 0.583. The zero-order valence-corrected chi connectivity index (χ0v) is 16.0. The van der Waals surface area contributed by atoms with Crippen LogP contribution in [0.25, 0.3) is 17.8 Å². The van der Waals surface area contributed by atoms with Crippen LogP contribution in [0.2, 0.25) is 5.02 Å². The van der Waals surface area contributed by atoms with E-state index >= 15 is 0 Å². The first-order valence-electron chi connectivity index (χ1n) is 8.96. The molecule has 5 nitrogen and oxygen atoms in total. The summed E-state index contributed by atoms with van der Waals surface area (Å²) in [6.07, 6.45) is 6.53. The van der Waals surface area contributed by atoms with E-state index in [0.29, 0.717) is 6.54 Å². The number of aryl methyl sites for hydroxylation is 1. The number of hydrogen-bond acceptors (Lipinski definition) is 4. The van der Waals surface area contributed by atoms with Crippen LogP contribution < -0.4 is 16.0 Å². The van der Waals surface area contributed by atoms with E-state index in [2.05, 4.69) is 44.7 Å². The van der Waals surface area contributed by atoms with E-state index in [4.69, 9.17) is 17.3 Å². The zero-order valence-electron chi connectivity index (χ0n) is 15.2. The number of rotatable bonds is 6. The van der Waals surface area contributed by atoms with Crippen LogP contribution in [-0.4, -0.2) is 42.3 Å². The number of benzene rings is 1. The minimum atomic E-state index is 0.553. The smallest absolute Gasteiger partial charge is 0.137 e. The van der Waals surface area contributed by atoms with E-state index in [1.54, 1.807) is 6.08 Å². The van der Waals surface area contributed by atoms with Crippen LogP contribution in [0.4, 0.5) is 5.82 Å². The minimum Gasteiger partial charge on any atom is -0.354 e. The van der Waals surface area contributed by atoms with E-state index in [1.165, 1.54) is 0 Å². The quantitative estimate of drug-likeness (QED) is 0.818. The fourth-order valence-electron chi connectivity index (χ4n) is 3.24. The molecular formula is C20H26ClN5. The van der Waals surface area contributed by atoms with E-state index in [9.17, 15) is 0 Å². The van der Waals surface area contributed by atoms with Gasteiger partial charge in [0.25, 0.3) is 0 Å². The fraction of sp³-hybridized carbons (Fsp3) is 0.350. The summed E-state index contributed by atoms with van der Waals surface area (Å²) in [5, 5.41) is 4.13. The van der Waals surface area contributed by atoms with Crippen molar-refractivity contribution in [2.24, 2.45) is 5.73 Å². The van der Waals surface area contributed by atoms with E-state index in [0.717, 1.165) is 66.0 Å². The number of anilines is 1. The number of nitrogens with one attached hydrogen (secondary N) is 1. The largest absolute Gasteiger partial charge is 0.354 e. The number of nitrogens with zero attached hydrogens (tertiary/aromatic N) is 3. The molecule has 2 aromatic rings. The van der Waals surface area contributed by atoms with Gasteiger partial charge in [0.15, 0.2) is 0 Å². The van der Waals surface area contributed by atoms with Gasteiger partial charge in [0.05, 0.1) is 6.20 Å². The first-order valence-corrected chi connectivity index (χ1v) is 9.34. The zero-order chi connectivity index (χ0) is 18.5. The summed E-state index contributed by atoms with van der Waals surface area (Å²) >= 11 is 6.52. The summed E-state index contributed by atoms with van der Waals surface area (Å²) < 4.78 is 2.10. The number of imidazole rings is 1. The average molecular weight is 372 g/mol. The molecule has 1 aliphatic heterocycles. The van der Waals surface area contributed by atoms with Crippen LogP contribution in [0.5, 0.6) is 0 Å². The maximum atomic E-state index is 6.52. The molecule has 0 atom stereocenters. The molecular weight excluding hydrogens is 346 g/mol. The van der Waals surface area contributed by atoms with Gasteiger partial charge in [-0.2, -0.15) is 0 Å². The molecule has 138 valence electrons. The Bertz CT molecular complexity index is 803. The van der Waals surface area contributed by atoms with Crippen molar-refractivity contribution in [2.45, 2.75) is 13.3 Å². The fourth-order valence-corrected chi connectivity index (χ4v) is 3.59. The summed E-state index contributed by atoms with van der Waals surface area (Å²) in [5.74, 6) is 1.88. The molecule has 1 aromatic carbocycles. The highest BCUT2D eigenvalue weighted by molar-refractivity contribution is 6.32. The Labute approximate surface area is 160 Å². The van der Waals surface area contributed by atoms with Gasteiger partial charge in [0.1, 0.15) is 11.6 Å². The lowest BCUT2D eigenvalue weighted by Gasteiger charge is -2.29. The number of piperazine rings is 1. The molecule has 2 heterocycles. The van der Waals surface area contributed by atoms with Crippen LogP contribution >= 0.6 is 11.6 Å². The van der Waals surface area contributed by atoms with Gasteiger partial charge in [-0.25, -0.2) is 4.98 Å². The molecule has 26 heavy (non-hydrogen) atoms. The molecule has 1 aliphatic rings. The van der Waals surface area contributed by atoms with E-state index in [1.807, 2.05) is 19.2 Å². The molecule has 0 spiro atoms. The Morgan fingerprint density at radius 2 is 2.15 bits per heavy atom. The van der Waals surface area contributed by atoms with Gasteiger partial charge >= 0.3 is 0 Å². The van der Waals surface area contributed by atoms with Crippen LogP contribution in [0, 0.1) is 6.92 Å². The number of hydrogen-bond donors (Lipinski definition) is 2. The maximum absolute atomic E-state index is 6.52. The predicted octanol–water partition coefficient (Wildman–Crippen LogP) is 3.24. The van der Waals surface area contributed by atoms with E-state index < -0.39 is 0 Å². The Balaban J connectivity index is 2.06. The van der Waals surface area contributed by atoms with Gasteiger partial charge in [0, 0.05) is 37.4 Å². The van der Waals surface area contributed by atoms with Crippen molar-refractivity contribution in [2.75, 3.05) is 37.6 Å². The second kappa shape index (κ2) is 8.54. The van der Waals surface area contributed by atoms with Crippen LogP contribution in [0.1, 0.15) is 23.4 Å². The van der Waals surface area contributed by atoms with Crippen LogP contribution in [-0.2, 0) is 0 Å². The molecule has 1 aromatic heterocycles. The Morgan fingerprint density at radius 1 is 1.38 bits per heavy atom. The molecule has 0 saturated carbocycles. The number of nitrogens with two attached hydrogens (primary N) is 1. The maximum Gasteiger partial charge on any atom is 0.137 e. The van der Waals surface area contributed by atoms with Crippen molar-refractivity contribution in [3.05, 3.63) is 52.9 Å². The van der Waals surface area contributed by atoms with Crippen molar-refractivity contribution < 1.29 is 0 Å². The van der Waals surface area contributed by atoms with Crippen molar-refractivity contribution in [1.29, 1.82) is 0 Å². The van der Waals surface area contributed by atoms with Crippen LogP contribution in [0.15, 0.2) is 31.0 Å². The first kappa shape index (κ1) is 18.7. The topological polar surface area (TPSA) is 59.1 Å². The Hall–Kier alpha value is -2.08. The number of halogens is 1. The lowest BCUT2D eigenvalue weighted by Crippen LogP contribution is -2.44. The Morgan fingerprint density at radius 3 is 2.81 bits per heavy atom. The minimum absolute atomic E-state index is 0.553. The van der Waals surface area contributed by atoms with Crippen LogP contribution in [0.3, 0.4) is 0 Å². The van der Waals surface area contributed by atoms with Crippen molar-refractivity contribution in [3.8, 4) is 0 Å². The third-order valence-electron chi connectivity index (χ3n) is 4.60. The van der Waals surface area contributed by atoms with Gasteiger partial charge in [-0.3, -0.25) is 4.57 Å². The van der Waals surface area contributed by atoms with Gasteiger partial charge < -0.3 is 16.0 Å². The molecule has 0 unspecified atom stereocenters. The monoisotopic (exact) mass is 371 g/mol. The Kier molecular flexibility index (Phi) is 6.14. The lowest BCUT2D eigenvalue weighted by atomic mass is 10.0. The predicted molar refractivity (Wildman–Crippen MR) is 111 cm³/mol. The van der Waals surface area contributed by atoms with E-state index in [-0.39, 0.29) is 0 Å². The molecule has 3 rings (SSSR count). The second-order valence-electron chi connectivity index (χ2n) is 6.46. The van der Waals surface area contributed by atoms with Gasteiger partial charge in [0.2, 0.25) is 0 Å². The molecule has 0 aliphatic carbocycles. The van der Waals surface area contributed by atoms with Gasteiger partial charge in [-0.15, -0.1) is 0 Å². The third kappa shape index (κ3) is 4.01. The highest BCUT2D eigenvalue weighted by Crippen LogP contribution is 2.29. The summed E-state index contributed by atoms with van der Waals surface area (Å²) in [6.45, 7) is 10.3. The van der Waals surface area contributed by atoms with Crippen molar-refractivity contribution >= 4 is 35.3 Å².